The van der Waals surface area contributed by atoms with Crippen LogP contribution >= 0.6 is 11.6 Å². The molecule has 0 saturated carbocycles. The predicted octanol–water partition coefficient (Wildman–Crippen LogP) is 1.91. The molecular formula is C12H10ClNO4. The van der Waals surface area contributed by atoms with Gasteiger partial charge in [0, 0.05) is 12.5 Å². The minimum atomic E-state index is -0.677. The van der Waals surface area contributed by atoms with Crippen LogP contribution in [0, 0.1) is 11.3 Å². The van der Waals surface area contributed by atoms with Gasteiger partial charge >= 0.3 is 5.97 Å². The summed E-state index contributed by atoms with van der Waals surface area (Å²) in [4.78, 5) is 11.3. The average Bonchev–Trinajstić information content (AvgIpc) is 2.77. The van der Waals surface area contributed by atoms with Gasteiger partial charge in [0.25, 0.3) is 0 Å². The topological polar surface area (TPSA) is 68.6 Å². The summed E-state index contributed by atoms with van der Waals surface area (Å²) in [6.07, 6.45) is -0.206. The van der Waals surface area contributed by atoms with Gasteiger partial charge in [-0.3, -0.25) is 0 Å². The Kier molecular flexibility index (Phi) is 3.58. The number of carbonyl (C=O) groups excluding carboxylic acids is 1. The summed E-state index contributed by atoms with van der Waals surface area (Å²) < 4.78 is 15.4. The maximum Gasteiger partial charge on any atom is 0.347 e. The Labute approximate surface area is 109 Å². The van der Waals surface area contributed by atoms with Crippen molar-refractivity contribution in [3.63, 3.8) is 0 Å². The smallest absolute Gasteiger partial charge is 0.347 e. The van der Waals surface area contributed by atoms with Crippen molar-refractivity contribution in [3.05, 3.63) is 22.7 Å². The number of hydrogen-bond acceptors (Lipinski definition) is 5. The third-order valence-electron chi connectivity index (χ3n) is 2.51. The van der Waals surface area contributed by atoms with E-state index in [9.17, 15) is 4.79 Å². The highest BCUT2D eigenvalue weighted by molar-refractivity contribution is 6.32. The number of esters is 1. The highest BCUT2D eigenvalue weighted by Crippen LogP contribution is 2.37. The summed E-state index contributed by atoms with van der Waals surface area (Å²) >= 11 is 6.01. The van der Waals surface area contributed by atoms with E-state index in [2.05, 4.69) is 0 Å². The highest BCUT2D eigenvalue weighted by Gasteiger charge is 2.30. The van der Waals surface area contributed by atoms with Crippen LogP contribution in [-0.2, 0) is 9.53 Å². The fourth-order valence-corrected chi connectivity index (χ4v) is 1.88. The van der Waals surface area contributed by atoms with E-state index in [-0.39, 0.29) is 10.8 Å². The molecule has 1 aromatic carbocycles. The molecule has 5 nitrogen and oxygen atoms in total. The number of nitrogens with zero attached hydrogens (tertiary/aromatic N) is 1. The van der Waals surface area contributed by atoms with Gasteiger partial charge in [-0.25, -0.2) is 4.79 Å². The summed E-state index contributed by atoms with van der Waals surface area (Å²) in [6.45, 7) is 0.333. The second-order valence-electron chi connectivity index (χ2n) is 3.66. The second kappa shape index (κ2) is 5.15. The zero-order chi connectivity index (χ0) is 13.1. The van der Waals surface area contributed by atoms with Crippen molar-refractivity contribution < 1.29 is 19.0 Å². The molecule has 6 heteroatoms. The van der Waals surface area contributed by atoms with Crippen LogP contribution in [0.5, 0.6) is 11.5 Å². The lowest BCUT2D eigenvalue weighted by Crippen LogP contribution is -2.22. The van der Waals surface area contributed by atoms with Gasteiger partial charge in [-0.05, 0) is 6.07 Å². The molecule has 0 spiro atoms. The molecule has 0 amide bonds. The lowest BCUT2D eigenvalue weighted by atomic mass is 10.2. The number of halogens is 1. The Morgan fingerprint density at radius 3 is 2.89 bits per heavy atom. The van der Waals surface area contributed by atoms with Gasteiger partial charge in [-0.15, -0.1) is 0 Å². The fourth-order valence-electron chi connectivity index (χ4n) is 1.63. The van der Waals surface area contributed by atoms with Crippen molar-refractivity contribution in [1.29, 1.82) is 5.26 Å². The van der Waals surface area contributed by atoms with Gasteiger partial charge in [0.1, 0.15) is 0 Å². The molecule has 1 aliphatic heterocycles. The minimum absolute atomic E-state index is 0.227. The van der Waals surface area contributed by atoms with E-state index in [1.807, 2.05) is 6.07 Å². The second-order valence-corrected chi connectivity index (χ2v) is 4.07. The van der Waals surface area contributed by atoms with Crippen LogP contribution in [0.2, 0.25) is 5.02 Å². The molecule has 1 heterocycles. The van der Waals surface area contributed by atoms with E-state index in [1.165, 1.54) is 19.2 Å². The average molecular weight is 268 g/mol. The van der Waals surface area contributed by atoms with Crippen molar-refractivity contribution in [2.24, 2.45) is 0 Å². The molecule has 1 atom stereocenters. The van der Waals surface area contributed by atoms with Gasteiger partial charge in [0.05, 0.1) is 30.4 Å². The van der Waals surface area contributed by atoms with E-state index in [0.717, 1.165) is 0 Å². The Morgan fingerprint density at radius 1 is 1.56 bits per heavy atom. The third-order valence-corrected chi connectivity index (χ3v) is 2.79. The summed E-state index contributed by atoms with van der Waals surface area (Å²) in [6, 6.07) is 4.92. The van der Waals surface area contributed by atoms with Crippen molar-refractivity contribution in [2.75, 3.05) is 13.7 Å². The number of rotatable bonds is 3. The third kappa shape index (κ3) is 2.34. The number of carbonyl (C=O) groups is 1. The number of cyclic esters (lactones) is 1. The maximum atomic E-state index is 11.3. The molecule has 1 fully saturated rings. The molecule has 1 aromatic rings. The first-order valence-corrected chi connectivity index (χ1v) is 5.64. The van der Waals surface area contributed by atoms with Gasteiger partial charge in [-0.1, -0.05) is 11.6 Å². The van der Waals surface area contributed by atoms with E-state index < -0.39 is 12.1 Å². The largest absolute Gasteiger partial charge is 0.493 e. The predicted molar refractivity (Wildman–Crippen MR) is 62.7 cm³/mol. The molecule has 1 unspecified atom stereocenters. The van der Waals surface area contributed by atoms with Crippen LogP contribution in [0.4, 0.5) is 0 Å². The van der Waals surface area contributed by atoms with Crippen molar-refractivity contribution in [1.82, 2.24) is 0 Å². The Balaban J connectivity index is 2.32. The van der Waals surface area contributed by atoms with E-state index >= 15 is 0 Å². The Bertz CT molecular complexity index is 524. The Morgan fingerprint density at radius 2 is 2.33 bits per heavy atom. The van der Waals surface area contributed by atoms with E-state index in [0.29, 0.717) is 24.3 Å². The molecule has 0 N–H and O–H groups in total. The quantitative estimate of drug-likeness (QED) is 0.783. The van der Waals surface area contributed by atoms with E-state index in [4.69, 9.17) is 31.1 Å². The van der Waals surface area contributed by atoms with Crippen LogP contribution < -0.4 is 9.47 Å². The first kappa shape index (κ1) is 12.5. The Hall–Kier alpha value is -1.93. The summed E-state index contributed by atoms with van der Waals surface area (Å²) in [5.74, 6) is 0.151. The molecule has 0 aliphatic carbocycles. The van der Waals surface area contributed by atoms with Crippen LogP contribution in [0.25, 0.3) is 0 Å². The van der Waals surface area contributed by atoms with Gasteiger partial charge in [0.15, 0.2) is 17.6 Å². The molecular weight excluding hydrogens is 258 g/mol. The van der Waals surface area contributed by atoms with Crippen molar-refractivity contribution in [3.8, 4) is 17.6 Å². The molecule has 0 bridgehead atoms. The molecule has 1 aliphatic rings. The monoisotopic (exact) mass is 267 g/mol. The lowest BCUT2D eigenvalue weighted by molar-refractivity contribution is -0.143. The van der Waals surface area contributed by atoms with E-state index in [1.54, 1.807) is 0 Å². The first-order valence-electron chi connectivity index (χ1n) is 5.26. The summed E-state index contributed by atoms with van der Waals surface area (Å²) in [7, 11) is 1.44. The summed E-state index contributed by atoms with van der Waals surface area (Å²) in [5, 5.41) is 9.05. The fraction of sp³-hybridized carbons (Fsp3) is 0.333. The highest BCUT2D eigenvalue weighted by atomic mass is 35.5. The minimum Gasteiger partial charge on any atom is -0.493 e. The summed E-state index contributed by atoms with van der Waals surface area (Å²) in [5.41, 5.74) is 0.359. The zero-order valence-electron chi connectivity index (χ0n) is 9.60. The number of hydrogen-bond donors (Lipinski definition) is 0. The number of nitriles is 1. The van der Waals surface area contributed by atoms with Gasteiger partial charge in [-0.2, -0.15) is 5.26 Å². The first-order chi connectivity index (χ1) is 8.65. The van der Waals surface area contributed by atoms with Crippen LogP contribution in [0.3, 0.4) is 0 Å². The standard InChI is InChI=1S/C12H10ClNO4/c1-16-10-5-7(6-14)4-8(13)11(10)18-9-2-3-17-12(9)15/h4-5,9H,2-3H2,1H3. The SMILES string of the molecule is COc1cc(C#N)cc(Cl)c1OC1CCOC1=O. The number of benzene rings is 1. The van der Waals surface area contributed by atoms with Crippen LogP contribution in [-0.4, -0.2) is 25.8 Å². The lowest BCUT2D eigenvalue weighted by Gasteiger charge is -2.15. The molecule has 2 rings (SSSR count). The molecule has 0 radical (unpaired) electrons. The molecule has 1 saturated heterocycles. The van der Waals surface area contributed by atoms with Gasteiger partial charge in [0.2, 0.25) is 0 Å². The van der Waals surface area contributed by atoms with Crippen LogP contribution in [0.1, 0.15) is 12.0 Å². The molecule has 18 heavy (non-hydrogen) atoms. The normalized spacial score (nSPS) is 18.1. The van der Waals surface area contributed by atoms with Crippen molar-refractivity contribution in [2.45, 2.75) is 12.5 Å². The molecule has 94 valence electrons. The number of methoxy groups -OCH3 is 1. The zero-order valence-corrected chi connectivity index (χ0v) is 10.4. The maximum absolute atomic E-state index is 11.3. The van der Waals surface area contributed by atoms with Crippen molar-refractivity contribution >= 4 is 17.6 Å². The van der Waals surface area contributed by atoms with Gasteiger partial charge < -0.3 is 14.2 Å². The van der Waals surface area contributed by atoms with Crippen LogP contribution in [0.15, 0.2) is 12.1 Å². The number of ether oxygens (including phenoxy) is 3. The molecule has 0 aromatic heterocycles.